The average Bonchev–Trinajstić information content (AvgIpc) is 2.50. The number of hydrogen-bond acceptors (Lipinski definition) is 5. The number of halogens is 1. The molecule has 2 aromatic rings. The van der Waals surface area contributed by atoms with Crippen LogP contribution in [-0.4, -0.2) is 17.9 Å². The highest BCUT2D eigenvalue weighted by atomic mass is 35.5. The fraction of sp³-hybridized carbons (Fsp3) is 0.0769. The molecule has 1 heterocycles. The Bertz CT molecular complexity index is 750. The number of aromatic nitrogens is 1. The molecule has 9 heteroatoms. The number of nitro benzene ring substituents is 1. The first-order chi connectivity index (χ1) is 10.4. The minimum Gasteiger partial charge on any atom is -0.618 e. The van der Waals surface area contributed by atoms with Crippen LogP contribution < -0.4 is 14.8 Å². The summed E-state index contributed by atoms with van der Waals surface area (Å²) in [5.74, 6) is -0.386. The number of nitrogens with one attached hydrogen (secondary N) is 1. The normalized spacial score (nSPS) is 10.1. The predicted octanol–water partition coefficient (Wildman–Crippen LogP) is 2.14. The zero-order valence-electron chi connectivity index (χ0n) is 11.3. The van der Waals surface area contributed by atoms with Crippen molar-refractivity contribution in [1.82, 2.24) is 0 Å². The molecular weight excluding hydrogens is 314 g/mol. The van der Waals surface area contributed by atoms with E-state index in [9.17, 15) is 20.1 Å². The lowest BCUT2D eigenvalue weighted by atomic mass is 10.2. The molecule has 8 nitrogen and oxygen atoms in total. The van der Waals surface area contributed by atoms with Gasteiger partial charge in [0.1, 0.15) is 17.0 Å². The van der Waals surface area contributed by atoms with Crippen molar-refractivity contribution < 1.29 is 19.2 Å². The standard InChI is InChI=1S/C13H10ClN3O5/c1-22-9-3-4-10(11(6-9)17(20)21)15-13(18)8-2-5-12(14)16(19)7-8/h2-7H,1H3,(H,15,18). The second kappa shape index (κ2) is 6.27. The molecule has 0 unspecified atom stereocenters. The van der Waals surface area contributed by atoms with Crippen molar-refractivity contribution in [2.24, 2.45) is 0 Å². The number of benzene rings is 1. The van der Waals surface area contributed by atoms with E-state index in [0.29, 0.717) is 4.73 Å². The van der Waals surface area contributed by atoms with Crippen LogP contribution in [0.3, 0.4) is 0 Å². The van der Waals surface area contributed by atoms with Crippen LogP contribution >= 0.6 is 11.6 Å². The lowest BCUT2D eigenvalue weighted by molar-refractivity contribution is -0.603. The highest BCUT2D eigenvalue weighted by Gasteiger charge is 2.19. The van der Waals surface area contributed by atoms with Crippen LogP contribution in [0.5, 0.6) is 5.75 Å². The van der Waals surface area contributed by atoms with E-state index in [1.165, 1.54) is 37.4 Å². The molecule has 1 aromatic heterocycles. The number of methoxy groups -OCH3 is 1. The van der Waals surface area contributed by atoms with Gasteiger partial charge in [-0.05, 0) is 29.8 Å². The van der Waals surface area contributed by atoms with Gasteiger partial charge in [0.05, 0.1) is 18.1 Å². The van der Waals surface area contributed by atoms with Gasteiger partial charge in [-0.2, -0.15) is 4.73 Å². The van der Waals surface area contributed by atoms with Crippen LogP contribution in [0.4, 0.5) is 11.4 Å². The predicted molar refractivity (Wildman–Crippen MR) is 78.0 cm³/mol. The van der Waals surface area contributed by atoms with Crippen LogP contribution in [0.2, 0.25) is 5.15 Å². The van der Waals surface area contributed by atoms with Gasteiger partial charge in [-0.1, -0.05) is 0 Å². The Balaban J connectivity index is 2.31. The van der Waals surface area contributed by atoms with E-state index < -0.39 is 10.8 Å². The maximum absolute atomic E-state index is 12.0. The Morgan fingerprint density at radius 2 is 2.09 bits per heavy atom. The SMILES string of the molecule is COc1ccc(NC(=O)c2ccc(Cl)[n+]([O-])c2)c([N+](=O)[O-])c1. The number of nitro groups is 1. The van der Waals surface area contributed by atoms with Gasteiger partial charge in [0.25, 0.3) is 16.7 Å². The number of ether oxygens (including phenoxy) is 1. The van der Waals surface area contributed by atoms with Gasteiger partial charge in [0.15, 0.2) is 6.20 Å². The number of pyridine rings is 1. The molecule has 0 fully saturated rings. The molecule has 1 amide bonds. The first-order valence-corrected chi connectivity index (χ1v) is 6.32. The summed E-state index contributed by atoms with van der Waals surface area (Å²) in [5, 5.41) is 24.7. The highest BCUT2D eigenvalue weighted by Crippen LogP contribution is 2.29. The van der Waals surface area contributed by atoms with Gasteiger partial charge in [0.2, 0.25) is 0 Å². The number of amides is 1. The molecule has 0 bridgehead atoms. The molecule has 22 heavy (non-hydrogen) atoms. The lowest BCUT2D eigenvalue weighted by Gasteiger charge is -2.07. The number of carbonyl (C=O) groups is 1. The van der Waals surface area contributed by atoms with Gasteiger partial charge in [-0.25, -0.2) is 0 Å². The zero-order valence-corrected chi connectivity index (χ0v) is 12.0. The molecule has 0 saturated carbocycles. The van der Waals surface area contributed by atoms with E-state index in [2.05, 4.69) is 5.32 Å². The van der Waals surface area contributed by atoms with Gasteiger partial charge in [0, 0.05) is 6.07 Å². The first kappa shape index (κ1) is 15.5. The van der Waals surface area contributed by atoms with Crippen LogP contribution in [0.1, 0.15) is 10.4 Å². The second-order valence-corrected chi connectivity index (χ2v) is 4.55. The fourth-order valence-electron chi connectivity index (χ4n) is 1.69. The summed E-state index contributed by atoms with van der Waals surface area (Å²) in [5.41, 5.74) is -0.315. The average molecular weight is 324 g/mol. The zero-order chi connectivity index (χ0) is 16.3. The number of carbonyl (C=O) groups excluding carboxylic acids is 1. The van der Waals surface area contributed by atoms with Crippen molar-refractivity contribution in [3.63, 3.8) is 0 Å². The Hall–Kier alpha value is -2.87. The van der Waals surface area contributed by atoms with E-state index >= 15 is 0 Å². The number of hydrogen-bond donors (Lipinski definition) is 1. The molecule has 0 aliphatic rings. The number of nitrogens with zero attached hydrogens (tertiary/aromatic N) is 2. The van der Waals surface area contributed by atoms with Gasteiger partial charge in [-0.15, -0.1) is 0 Å². The maximum Gasteiger partial charge on any atom is 0.296 e. The maximum atomic E-state index is 12.0. The minimum atomic E-state index is -0.672. The van der Waals surface area contributed by atoms with E-state index in [0.717, 1.165) is 6.20 Å². The summed E-state index contributed by atoms with van der Waals surface area (Å²) < 4.78 is 5.22. The molecule has 0 atom stereocenters. The van der Waals surface area contributed by atoms with Crippen LogP contribution in [0.25, 0.3) is 0 Å². The quantitative estimate of drug-likeness (QED) is 0.305. The molecule has 2 rings (SSSR count). The van der Waals surface area contributed by atoms with Crippen molar-refractivity contribution in [2.75, 3.05) is 12.4 Å². The smallest absolute Gasteiger partial charge is 0.296 e. The third kappa shape index (κ3) is 3.23. The van der Waals surface area contributed by atoms with Crippen LogP contribution in [0.15, 0.2) is 36.5 Å². The third-order valence-corrected chi connectivity index (χ3v) is 3.07. The van der Waals surface area contributed by atoms with Gasteiger partial charge < -0.3 is 15.3 Å². The summed E-state index contributed by atoms with van der Waals surface area (Å²) in [4.78, 5) is 22.4. The fourth-order valence-corrected chi connectivity index (χ4v) is 1.80. The molecule has 0 aliphatic heterocycles. The lowest BCUT2D eigenvalue weighted by Crippen LogP contribution is -2.29. The van der Waals surface area contributed by atoms with Gasteiger partial charge >= 0.3 is 0 Å². The molecule has 0 spiro atoms. The van der Waals surface area contributed by atoms with Crippen LogP contribution in [-0.2, 0) is 0 Å². The Morgan fingerprint density at radius 1 is 1.36 bits per heavy atom. The van der Waals surface area contributed by atoms with Crippen molar-refractivity contribution in [3.8, 4) is 5.75 Å². The molecule has 1 aromatic carbocycles. The monoisotopic (exact) mass is 323 g/mol. The van der Waals surface area contributed by atoms with Crippen LogP contribution in [0, 0.1) is 15.3 Å². The van der Waals surface area contributed by atoms with E-state index in [-0.39, 0.29) is 27.8 Å². The molecular formula is C13H10ClN3O5. The summed E-state index contributed by atoms with van der Waals surface area (Å²) in [6, 6.07) is 6.59. The van der Waals surface area contributed by atoms with Crippen molar-refractivity contribution >= 4 is 28.9 Å². The topological polar surface area (TPSA) is 108 Å². The molecule has 0 saturated heterocycles. The molecule has 114 valence electrons. The summed E-state index contributed by atoms with van der Waals surface area (Å²) in [7, 11) is 1.37. The van der Waals surface area contributed by atoms with Crippen molar-refractivity contribution in [2.45, 2.75) is 0 Å². The summed E-state index contributed by atoms with van der Waals surface area (Å²) in [6.45, 7) is 0. The molecule has 0 radical (unpaired) electrons. The summed E-state index contributed by atoms with van der Waals surface area (Å²) in [6.07, 6.45) is 0.979. The number of rotatable bonds is 4. The Kier molecular flexibility index (Phi) is 4.42. The first-order valence-electron chi connectivity index (χ1n) is 5.95. The Morgan fingerprint density at radius 3 is 2.68 bits per heavy atom. The largest absolute Gasteiger partial charge is 0.618 e. The summed E-state index contributed by atoms with van der Waals surface area (Å²) >= 11 is 5.56. The number of anilines is 1. The molecule has 0 aliphatic carbocycles. The van der Waals surface area contributed by atoms with E-state index in [1.807, 2.05) is 0 Å². The third-order valence-electron chi connectivity index (χ3n) is 2.78. The Labute approximate surface area is 129 Å². The minimum absolute atomic E-state index is 0.0109. The van der Waals surface area contributed by atoms with E-state index in [4.69, 9.17) is 16.3 Å². The highest BCUT2D eigenvalue weighted by molar-refractivity contribution is 6.28. The second-order valence-electron chi connectivity index (χ2n) is 4.16. The van der Waals surface area contributed by atoms with Crippen molar-refractivity contribution in [3.05, 3.63) is 62.6 Å². The van der Waals surface area contributed by atoms with Gasteiger partial charge in [-0.3, -0.25) is 14.9 Å². The van der Waals surface area contributed by atoms with E-state index in [1.54, 1.807) is 0 Å². The van der Waals surface area contributed by atoms with Crippen molar-refractivity contribution in [1.29, 1.82) is 0 Å². The molecule has 1 N–H and O–H groups in total.